The molecule has 0 unspecified atom stereocenters. The number of hydrogen-bond donors (Lipinski definition) is 3. The highest BCUT2D eigenvalue weighted by Crippen LogP contribution is 2.10. The summed E-state index contributed by atoms with van der Waals surface area (Å²) in [5.74, 6) is 3.09. The lowest BCUT2D eigenvalue weighted by atomic mass is 10.3. The Balaban J connectivity index is 0.00000264. The number of hydrogen-bond acceptors (Lipinski definition) is 3. The highest BCUT2D eigenvalue weighted by molar-refractivity contribution is 14.0. The first-order chi connectivity index (χ1) is 10.8. The number of unbranched alkanes of at least 4 members (excludes halogenated alkanes) is 1. The van der Waals surface area contributed by atoms with E-state index in [4.69, 9.17) is 0 Å². The third-order valence-corrected chi connectivity index (χ3v) is 4.08. The number of nitrogens with zero attached hydrogens (tertiary/aromatic N) is 2. The van der Waals surface area contributed by atoms with Crippen LogP contribution in [-0.4, -0.2) is 48.1 Å². The number of para-hydroxylation sites is 2. The van der Waals surface area contributed by atoms with Gasteiger partial charge in [0.25, 0.3) is 0 Å². The smallest absolute Gasteiger partial charge is 0.190 e. The number of fused-ring (bicyclic) bond motifs is 1. The molecule has 1 heterocycles. The van der Waals surface area contributed by atoms with Crippen molar-refractivity contribution < 1.29 is 0 Å². The van der Waals surface area contributed by atoms with Crippen LogP contribution in [0.2, 0.25) is 0 Å². The Morgan fingerprint density at radius 3 is 2.74 bits per heavy atom. The van der Waals surface area contributed by atoms with Crippen LogP contribution < -0.4 is 10.6 Å². The van der Waals surface area contributed by atoms with Crippen molar-refractivity contribution in [2.45, 2.75) is 19.3 Å². The molecule has 0 aliphatic heterocycles. The summed E-state index contributed by atoms with van der Waals surface area (Å²) in [5, 5.41) is 6.67. The van der Waals surface area contributed by atoms with Crippen LogP contribution in [0.15, 0.2) is 29.3 Å². The number of aromatic nitrogens is 2. The van der Waals surface area contributed by atoms with Crippen LogP contribution in [0, 0.1) is 0 Å². The Morgan fingerprint density at radius 1 is 1.22 bits per heavy atom. The molecule has 0 aliphatic carbocycles. The maximum Gasteiger partial charge on any atom is 0.190 e. The SMILES string of the molecule is CN=C(NCCCCSC)NCCc1nc2ccccc2[nH]1.I. The zero-order chi connectivity index (χ0) is 15.6. The highest BCUT2D eigenvalue weighted by Gasteiger charge is 2.02. The summed E-state index contributed by atoms with van der Waals surface area (Å²) in [6.07, 6.45) is 5.41. The van der Waals surface area contributed by atoms with Crippen LogP contribution in [-0.2, 0) is 6.42 Å². The lowest BCUT2D eigenvalue weighted by molar-refractivity contribution is 0.726. The van der Waals surface area contributed by atoms with Crippen molar-refractivity contribution in [1.29, 1.82) is 0 Å². The molecule has 0 aliphatic rings. The van der Waals surface area contributed by atoms with Gasteiger partial charge >= 0.3 is 0 Å². The molecular formula is C16H26IN5S. The molecule has 0 bridgehead atoms. The first-order valence-electron chi connectivity index (χ1n) is 7.70. The van der Waals surface area contributed by atoms with Crippen molar-refractivity contribution in [3.05, 3.63) is 30.1 Å². The van der Waals surface area contributed by atoms with E-state index in [-0.39, 0.29) is 24.0 Å². The van der Waals surface area contributed by atoms with E-state index in [0.717, 1.165) is 42.3 Å². The standard InChI is InChI=1S/C16H25N5S.HI/c1-17-16(18-10-5-6-12-22-2)19-11-9-15-20-13-7-3-4-8-14(13)21-15;/h3-4,7-8H,5-6,9-12H2,1-2H3,(H,20,21)(H2,17,18,19);1H. The average molecular weight is 447 g/mol. The number of rotatable bonds is 8. The zero-order valence-corrected chi connectivity index (χ0v) is 16.9. The van der Waals surface area contributed by atoms with E-state index in [1.165, 1.54) is 18.6 Å². The van der Waals surface area contributed by atoms with Crippen LogP contribution in [0.1, 0.15) is 18.7 Å². The minimum Gasteiger partial charge on any atom is -0.356 e. The Morgan fingerprint density at radius 2 is 2.00 bits per heavy atom. The molecule has 0 amide bonds. The second-order valence-electron chi connectivity index (χ2n) is 5.08. The second kappa shape index (κ2) is 11.6. The lowest BCUT2D eigenvalue weighted by Gasteiger charge is -2.11. The Bertz CT molecular complexity index is 566. The van der Waals surface area contributed by atoms with Gasteiger partial charge in [0.15, 0.2) is 5.96 Å². The third kappa shape index (κ3) is 6.99. The molecule has 128 valence electrons. The van der Waals surface area contributed by atoms with Gasteiger partial charge < -0.3 is 15.6 Å². The second-order valence-corrected chi connectivity index (χ2v) is 6.06. The first-order valence-corrected chi connectivity index (χ1v) is 9.10. The predicted molar refractivity (Wildman–Crippen MR) is 112 cm³/mol. The van der Waals surface area contributed by atoms with Gasteiger partial charge in [0.2, 0.25) is 0 Å². The van der Waals surface area contributed by atoms with Crippen LogP contribution in [0.25, 0.3) is 11.0 Å². The summed E-state index contributed by atoms with van der Waals surface area (Å²) in [5.41, 5.74) is 2.11. The Labute approximate surface area is 159 Å². The van der Waals surface area contributed by atoms with Gasteiger partial charge in [0, 0.05) is 26.6 Å². The van der Waals surface area contributed by atoms with E-state index in [1.54, 1.807) is 7.05 Å². The number of thioether (sulfide) groups is 1. The highest BCUT2D eigenvalue weighted by atomic mass is 127. The molecule has 0 fully saturated rings. The van der Waals surface area contributed by atoms with Crippen molar-refractivity contribution in [1.82, 2.24) is 20.6 Å². The minimum atomic E-state index is 0. The number of benzene rings is 1. The largest absolute Gasteiger partial charge is 0.356 e. The van der Waals surface area contributed by atoms with Gasteiger partial charge in [-0.15, -0.1) is 24.0 Å². The van der Waals surface area contributed by atoms with Gasteiger partial charge in [-0.1, -0.05) is 12.1 Å². The van der Waals surface area contributed by atoms with Crippen LogP contribution >= 0.6 is 35.7 Å². The van der Waals surface area contributed by atoms with Gasteiger partial charge in [-0.3, -0.25) is 4.99 Å². The summed E-state index contributed by atoms with van der Waals surface area (Å²) in [6, 6.07) is 8.10. The van der Waals surface area contributed by atoms with Crippen molar-refractivity contribution in [3.8, 4) is 0 Å². The van der Waals surface area contributed by atoms with E-state index < -0.39 is 0 Å². The van der Waals surface area contributed by atoms with Crippen molar-refractivity contribution in [2.24, 2.45) is 4.99 Å². The van der Waals surface area contributed by atoms with E-state index in [9.17, 15) is 0 Å². The van der Waals surface area contributed by atoms with Crippen molar-refractivity contribution in [2.75, 3.05) is 32.1 Å². The molecule has 23 heavy (non-hydrogen) atoms. The molecule has 5 nitrogen and oxygen atoms in total. The fourth-order valence-corrected chi connectivity index (χ4v) is 2.71. The minimum absolute atomic E-state index is 0. The molecule has 2 rings (SSSR count). The molecule has 1 aromatic heterocycles. The summed E-state index contributed by atoms with van der Waals surface area (Å²) < 4.78 is 0. The van der Waals surface area contributed by atoms with Crippen LogP contribution in [0.5, 0.6) is 0 Å². The molecule has 0 saturated heterocycles. The van der Waals surface area contributed by atoms with Gasteiger partial charge in [0.1, 0.15) is 5.82 Å². The summed E-state index contributed by atoms with van der Waals surface area (Å²) >= 11 is 1.90. The third-order valence-electron chi connectivity index (χ3n) is 3.38. The van der Waals surface area contributed by atoms with Gasteiger partial charge in [0.05, 0.1) is 11.0 Å². The quantitative estimate of drug-likeness (QED) is 0.252. The normalized spacial score (nSPS) is 11.3. The predicted octanol–water partition coefficient (Wildman–Crippen LogP) is 3.03. The lowest BCUT2D eigenvalue weighted by Crippen LogP contribution is -2.38. The number of guanidine groups is 1. The average Bonchev–Trinajstić information content (AvgIpc) is 2.95. The number of nitrogens with one attached hydrogen (secondary N) is 3. The molecule has 0 radical (unpaired) electrons. The van der Waals surface area contributed by atoms with E-state index in [0.29, 0.717) is 0 Å². The fraction of sp³-hybridized carbons (Fsp3) is 0.500. The topological polar surface area (TPSA) is 65.1 Å². The Kier molecular flexibility index (Phi) is 10.1. The van der Waals surface area contributed by atoms with Crippen molar-refractivity contribution in [3.63, 3.8) is 0 Å². The monoisotopic (exact) mass is 447 g/mol. The fourth-order valence-electron chi connectivity index (χ4n) is 2.22. The number of H-pyrrole nitrogens is 1. The first kappa shape index (κ1) is 20.1. The number of aromatic amines is 1. The molecule has 0 atom stereocenters. The van der Waals surface area contributed by atoms with Gasteiger partial charge in [-0.05, 0) is 37.0 Å². The molecule has 7 heteroatoms. The molecular weight excluding hydrogens is 421 g/mol. The molecule has 0 spiro atoms. The molecule has 0 saturated carbocycles. The van der Waals surface area contributed by atoms with Gasteiger partial charge in [-0.25, -0.2) is 4.98 Å². The van der Waals surface area contributed by atoms with Gasteiger partial charge in [-0.2, -0.15) is 11.8 Å². The summed E-state index contributed by atoms with van der Waals surface area (Å²) in [6.45, 7) is 1.77. The van der Waals surface area contributed by atoms with Crippen LogP contribution in [0.3, 0.4) is 0 Å². The maximum absolute atomic E-state index is 4.57. The van der Waals surface area contributed by atoms with Crippen molar-refractivity contribution >= 4 is 52.7 Å². The van der Waals surface area contributed by atoms with E-state index >= 15 is 0 Å². The molecule has 3 N–H and O–H groups in total. The number of aliphatic imine (C=N–C) groups is 1. The maximum atomic E-state index is 4.57. The summed E-state index contributed by atoms with van der Waals surface area (Å²) in [4.78, 5) is 12.2. The van der Waals surface area contributed by atoms with E-state index in [1.807, 2.05) is 36.0 Å². The molecule has 2 aromatic rings. The number of imidazole rings is 1. The van der Waals surface area contributed by atoms with E-state index in [2.05, 4.69) is 31.8 Å². The zero-order valence-electron chi connectivity index (χ0n) is 13.8. The molecule has 1 aromatic carbocycles. The number of halogens is 1. The van der Waals surface area contributed by atoms with Crippen LogP contribution in [0.4, 0.5) is 0 Å². The Hall–Kier alpha value is -0.960. The summed E-state index contributed by atoms with van der Waals surface area (Å²) in [7, 11) is 1.80.